The molecule has 1 aromatic heterocycles. The number of ether oxygens (including phenoxy) is 1. The van der Waals surface area contributed by atoms with E-state index in [0.717, 1.165) is 46.4 Å². The molecular weight excluding hydrogens is 396 g/mol. The zero-order valence-electron chi connectivity index (χ0n) is 18.4. The summed E-state index contributed by atoms with van der Waals surface area (Å²) in [5.41, 5.74) is 2.69. The Balaban J connectivity index is 1.92. The third-order valence-electron chi connectivity index (χ3n) is 5.14. The molecule has 0 saturated carbocycles. The number of likely N-dealkylation sites (N-methyl/N-ethyl adjacent to an activating group) is 1. The number of nitrogens with one attached hydrogen (secondary N) is 1. The Morgan fingerprint density at radius 3 is 2.40 bits per heavy atom. The fourth-order valence-electron chi connectivity index (χ4n) is 3.31. The van der Waals surface area contributed by atoms with Crippen molar-refractivity contribution >= 4 is 38.3 Å². The molecule has 0 unspecified atom stereocenters. The van der Waals surface area contributed by atoms with E-state index in [1.165, 1.54) is 16.2 Å². The number of carbonyl (C=O) groups excluding carboxylic acids is 1. The van der Waals surface area contributed by atoms with Crippen LogP contribution >= 0.6 is 11.3 Å². The fraction of sp³-hybridized carbons (Fsp3) is 0.391. The molecule has 1 heterocycles. The minimum atomic E-state index is -0.0200. The monoisotopic (exact) mass is 427 g/mol. The van der Waals surface area contributed by atoms with Crippen molar-refractivity contribution < 1.29 is 14.4 Å². The van der Waals surface area contributed by atoms with E-state index in [2.05, 4.69) is 32.8 Å². The van der Waals surface area contributed by atoms with Gasteiger partial charge >= 0.3 is 0 Å². The Morgan fingerprint density at radius 1 is 1.10 bits per heavy atom. The van der Waals surface area contributed by atoms with E-state index in [-0.39, 0.29) is 5.91 Å². The van der Waals surface area contributed by atoms with Gasteiger partial charge in [-0.15, -0.1) is 0 Å². The smallest absolute Gasteiger partial charge is 0.260 e. The van der Waals surface area contributed by atoms with Gasteiger partial charge < -0.3 is 14.5 Å². The zero-order chi connectivity index (χ0) is 21.7. The van der Waals surface area contributed by atoms with Gasteiger partial charge in [0.15, 0.2) is 5.13 Å². The molecular formula is C23H31N4O2S+. The molecule has 0 aliphatic carbocycles. The lowest BCUT2D eigenvalue weighted by Crippen LogP contribution is -3.06. The lowest BCUT2D eigenvalue weighted by molar-refractivity contribution is -0.856. The molecule has 30 heavy (non-hydrogen) atoms. The van der Waals surface area contributed by atoms with Gasteiger partial charge in [-0.1, -0.05) is 11.3 Å². The second kappa shape index (κ2) is 9.91. The quantitative estimate of drug-likeness (QED) is 0.571. The summed E-state index contributed by atoms with van der Waals surface area (Å²) in [5, 5.41) is 0.720. The number of hydrogen-bond donors (Lipinski definition) is 1. The van der Waals surface area contributed by atoms with Gasteiger partial charge in [0.1, 0.15) is 5.75 Å². The number of nitrogens with zero attached hydrogens (tertiary/aromatic N) is 3. The van der Waals surface area contributed by atoms with Crippen LogP contribution in [0.1, 0.15) is 24.2 Å². The molecule has 0 saturated heterocycles. The average Bonchev–Trinajstić information content (AvgIpc) is 3.17. The molecule has 0 aliphatic heterocycles. The minimum Gasteiger partial charge on any atom is -0.497 e. The average molecular weight is 428 g/mol. The number of carbonyl (C=O) groups is 1. The maximum atomic E-state index is 13.4. The van der Waals surface area contributed by atoms with Crippen LogP contribution in [0.15, 0.2) is 42.5 Å². The number of benzene rings is 2. The summed E-state index contributed by atoms with van der Waals surface area (Å²) in [7, 11) is 5.83. The molecule has 0 fully saturated rings. The zero-order valence-corrected chi connectivity index (χ0v) is 19.3. The Labute approximate surface area is 182 Å². The van der Waals surface area contributed by atoms with Crippen molar-refractivity contribution in [2.45, 2.75) is 13.8 Å². The molecule has 2 aromatic carbocycles. The largest absolute Gasteiger partial charge is 0.497 e. The van der Waals surface area contributed by atoms with Crippen molar-refractivity contribution in [2.24, 2.45) is 0 Å². The standard InChI is InChI=1S/C23H30N4O2S/c1-6-26(7-2)18-10-8-17(9-11-18)22(28)27(15-14-25(3)4)23-24-20-13-12-19(29-5)16-21(20)30-23/h8-13,16H,6-7,14-15H2,1-5H3/p+1. The highest BCUT2D eigenvalue weighted by Gasteiger charge is 2.22. The van der Waals surface area contributed by atoms with Crippen LogP contribution in [0, 0.1) is 0 Å². The number of quaternary nitrogens is 1. The van der Waals surface area contributed by atoms with Gasteiger partial charge in [0.25, 0.3) is 5.91 Å². The molecule has 160 valence electrons. The highest BCUT2D eigenvalue weighted by molar-refractivity contribution is 7.22. The van der Waals surface area contributed by atoms with Crippen molar-refractivity contribution in [1.82, 2.24) is 4.98 Å². The van der Waals surface area contributed by atoms with Crippen molar-refractivity contribution in [3.8, 4) is 5.75 Å². The number of aromatic nitrogens is 1. The van der Waals surface area contributed by atoms with Gasteiger partial charge in [-0.3, -0.25) is 9.69 Å². The molecule has 1 amide bonds. The Morgan fingerprint density at radius 2 is 1.80 bits per heavy atom. The highest BCUT2D eigenvalue weighted by Crippen LogP contribution is 2.32. The number of thiazole rings is 1. The molecule has 7 heteroatoms. The van der Waals surface area contributed by atoms with E-state index in [9.17, 15) is 4.79 Å². The fourth-order valence-corrected chi connectivity index (χ4v) is 4.33. The van der Waals surface area contributed by atoms with Crippen molar-refractivity contribution in [2.75, 3.05) is 57.2 Å². The van der Waals surface area contributed by atoms with Crippen LogP contribution in [0.2, 0.25) is 0 Å². The summed E-state index contributed by atoms with van der Waals surface area (Å²) in [5.74, 6) is 0.772. The van der Waals surface area contributed by atoms with Gasteiger partial charge in [0, 0.05) is 24.3 Å². The van der Waals surface area contributed by atoms with Crippen LogP contribution in [-0.4, -0.2) is 58.3 Å². The maximum absolute atomic E-state index is 13.4. The number of hydrogen-bond acceptors (Lipinski definition) is 5. The highest BCUT2D eigenvalue weighted by atomic mass is 32.1. The summed E-state index contributed by atoms with van der Waals surface area (Å²) in [4.78, 5) is 23.5. The molecule has 3 rings (SSSR count). The van der Waals surface area contributed by atoms with Crippen LogP contribution in [-0.2, 0) is 0 Å². The van der Waals surface area contributed by atoms with E-state index in [4.69, 9.17) is 9.72 Å². The Hall–Kier alpha value is -2.64. The van der Waals surface area contributed by atoms with Gasteiger partial charge in [-0.05, 0) is 56.3 Å². The first kappa shape index (κ1) is 22.1. The van der Waals surface area contributed by atoms with Crippen molar-refractivity contribution in [3.05, 3.63) is 48.0 Å². The van der Waals surface area contributed by atoms with E-state index < -0.39 is 0 Å². The topological polar surface area (TPSA) is 50.1 Å². The summed E-state index contributed by atoms with van der Waals surface area (Å²) in [6.07, 6.45) is 0. The van der Waals surface area contributed by atoms with Gasteiger partial charge in [-0.25, -0.2) is 4.98 Å². The van der Waals surface area contributed by atoms with Gasteiger partial charge in [-0.2, -0.15) is 0 Å². The molecule has 0 spiro atoms. The van der Waals surface area contributed by atoms with Crippen LogP contribution in [0.5, 0.6) is 5.75 Å². The molecule has 0 radical (unpaired) electrons. The first-order valence-electron chi connectivity index (χ1n) is 10.4. The molecule has 1 N–H and O–H groups in total. The SMILES string of the molecule is CCN(CC)c1ccc(C(=O)N(CC[NH+](C)C)c2nc3ccc(OC)cc3s2)cc1. The van der Waals surface area contributed by atoms with Gasteiger partial charge in [0.05, 0.1) is 44.5 Å². The summed E-state index contributed by atoms with van der Waals surface area (Å²) in [6, 6.07) is 13.7. The van der Waals surface area contributed by atoms with Crippen LogP contribution in [0.25, 0.3) is 10.2 Å². The number of amides is 1. The predicted molar refractivity (Wildman–Crippen MR) is 126 cm³/mol. The van der Waals surface area contributed by atoms with E-state index >= 15 is 0 Å². The molecule has 6 nitrogen and oxygen atoms in total. The Kier molecular flexibility index (Phi) is 7.29. The second-order valence-electron chi connectivity index (χ2n) is 7.46. The van der Waals surface area contributed by atoms with Crippen molar-refractivity contribution in [3.63, 3.8) is 0 Å². The first-order valence-corrected chi connectivity index (χ1v) is 11.2. The second-order valence-corrected chi connectivity index (χ2v) is 8.47. The lowest BCUT2D eigenvalue weighted by Gasteiger charge is -2.23. The number of anilines is 2. The van der Waals surface area contributed by atoms with Crippen LogP contribution in [0.4, 0.5) is 10.8 Å². The number of methoxy groups -OCH3 is 1. The third kappa shape index (κ3) is 4.91. The molecule has 0 bridgehead atoms. The summed E-state index contributed by atoms with van der Waals surface area (Å²) < 4.78 is 6.34. The number of fused-ring (bicyclic) bond motifs is 1. The van der Waals surface area contributed by atoms with Crippen LogP contribution in [0.3, 0.4) is 0 Å². The van der Waals surface area contributed by atoms with E-state index in [1.807, 2.05) is 42.5 Å². The third-order valence-corrected chi connectivity index (χ3v) is 6.18. The minimum absolute atomic E-state index is 0.0200. The maximum Gasteiger partial charge on any atom is 0.260 e. The Bertz CT molecular complexity index is 981. The lowest BCUT2D eigenvalue weighted by atomic mass is 10.1. The summed E-state index contributed by atoms with van der Waals surface area (Å²) >= 11 is 1.52. The normalized spacial score (nSPS) is 11.1. The van der Waals surface area contributed by atoms with Gasteiger partial charge in [0.2, 0.25) is 0 Å². The summed E-state index contributed by atoms with van der Waals surface area (Å²) in [6.45, 7) is 7.60. The van der Waals surface area contributed by atoms with Crippen LogP contribution < -0.4 is 19.4 Å². The molecule has 3 aromatic rings. The molecule has 0 aliphatic rings. The van der Waals surface area contributed by atoms with E-state index in [1.54, 1.807) is 12.0 Å². The van der Waals surface area contributed by atoms with E-state index in [0.29, 0.717) is 12.1 Å². The number of rotatable bonds is 9. The predicted octanol–water partition coefficient (Wildman–Crippen LogP) is 2.94. The van der Waals surface area contributed by atoms with Crippen molar-refractivity contribution in [1.29, 1.82) is 0 Å². The molecule has 0 atom stereocenters. The first-order chi connectivity index (χ1) is 14.5.